The molecule has 0 spiro atoms. The minimum Gasteiger partial charge on any atom is -0.495 e. The molecule has 1 heterocycles. The van der Waals surface area contributed by atoms with Gasteiger partial charge >= 0.3 is 0 Å². The van der Waals surface area contributed by atoms with Crippen LogP contribution in [0, 0.1) is 0 Å². The number of ether oxygens (including phenoxy) is 1. The van der Waals surface area contributed by atoms with Crippen molar-refractivity contribution in [2.45, 2.75) is 37.1 Å². The summed E-state index contributed by atoms with van der Waals surface area (Å²) in [5.74, 6) is 0.380. The van der Waals surface area contributed by atoms with Gasteiger partial charge in [0.2, 0.25) is 10.0 Å². The van der Waals surface area contributed by atoms with Crippen molar-refractivity contribution in [3.05, 3.63) is 22.7 Å². The van der Waals surface area contributed by atoms with Crippen LogP contribution in [0.3, 0.4) is 0 Å². The summed E-state index contributed by atoms with van der Waals surface area (Å²) < 4.78 is 33.1. The van der Waals surface area contributed by atoms with Crippen LogP contribution in [-0.2, 0) is 10.0 Å². The molecule has 0 atom stereocenters. The number of nitrogens with zero attached hydrogens (tertiary/aromatic N) is 1. The first-order valence-electron chi connectivity index (χ1n) is 6.15. The quantitative estimate of drug-likeness (QED) is 0.844. The Hall–Kier alpha value is -0.590. The lowest BCUT2D eigenvalue weighted by atomic mass is 10.0. The molecule has 2 rings (SSSR count). The Bertz CT molecular complexity index is 584. The maximum atomic E-state index is 12.8. The second-order valence-corrected chi connectivity index (χ2v) is 8.03. The van der Waals surface area contributed by atoms with Crippen molar-refractivity contribution in [1.29, 1.82) is 0 Å². The van der Waals surface area contributed by atoms with E-state index in [9.17, 15) is 8.42 Å². The van der Waals surface area contributed by atoms with Crippen LogP contribution in [0.5, 0.6) is 5.75 Å². The van der Waals surface area contributed by atoms with Crippen LogP contribution >= 0.6 is 15.9 Å². The highest BCUT2D eigenvalue weighted by Gasteiger charge is 2.41. The minimum absolute atomic E-state index is 0.222. The van der Waals surface area contributed by atoms with Crippen LogP contribution in [0.4, 0.5) is 0 Å². The van der Waals surface area contributed by atoms with E-state index in [0.717, 1.165) is 17.3 Å². The first-order valence-corrected chi connectivity index (χ1v) is 8.39. The zero-order valence-corrected chi connectivity index (χ0v) is 13.7. The van der Waals surface area contributed by atoms with E-state index >= 15 is 0 Å². The van der Waals surface area contributed by atoms with Crippen molar-refractivity contribution in [1.82, 2.24) is 4.31 Å². The third-order valence-corrected chi connectivity index (χ3v) is 6.14. The summed E-state index contributed by atoms with van der Waals surface area (Å²) in [7, 11) is -2.05. The highest BCUT2D eigenvalue weighted by atomic mass is 79.9. The van der Waals surface area contributed by atoms with Gasteiger partial charge in [0.25, 0.3) is 0 Å². The molecule has 1 fully saturated rings. The number of halogens is 1. The Morgan fingerprint density at radius 3 is 2.58 bits per heavy atom. The molecule has 0 bridgehead atoms. The van der Waals surface area contributed by atoms with Gasteiger partial charge < -0.3 is 4.74 Å². The molecule has 0 radical (unpaired) electrons. The van der Waals surface area contributed by atoms with E-state index < -0.39 is 10.0 Å². The van der Waals surface area contributed by atoms with Crippen molar-refractivity contribution in [2.24, 2.45) is 0 Å². The number of hydrogen-bond donors (Lipinski definition) is 0. The van der Waals surface area contributed by atoms with Gasteiger partial charge in [0.05, 0.1) is 7.11 Å². The van der Waals surface area contributed by atoms with Gasteiger partial charge in [-0.15, -0.1) is 0 Å². The maximum absolute atomic E-state index is 12.8. The monoisotopic (exact) mass is 347 g/mol. The predicted molar refractivity (Wildman–Crippen MR) is 77.9 cm³/mol. The zero-order chi connectivity index (χ0) is 14.3. The van der Waals surface area contributed by atoms with E-state index in [-0.39, 0.29) is 10.4 Å². The van der Waals surface area contributed by atoms with Crippen molar-refractivity contribution in [3.8, 4) is 5.75 Å². The fraction of sp³-hybridized carbons (Fsp3) is 0.538. The summed E-state index contributed by atoms with van der Waals surface area (Å²) in [6.07, 6.45) is 1.77. The van der Waals surface area contributed by atoms with Crippen molar-refractivity contribution < 1.29 is 13.2 Å². The van der Waals surface area contributed by atoms with Crippen molar-refractivity contribution in [2.75, 3.05) is 13.7 Å². The van der Waals surface area contributed by atoms with Gasteiger partial charge in [-0.2, -0.15) is 4.31 Å². The number of sulfonamides is 1. The third-order valence-electron chi connectivity index (χ3n) is 3.52. The molecule has 0 amide bonds. The smallest absolute Gasteiger partial charge is 0.247 e. The molecule has 0 aliphatic carbocycles. The standard InChI is InChI=1S/C13H18BrNO3S/c1-13(2)7-4-8-15(13)19(16,17)12-9-10(14)5-6-11(12)18-3/h5-6,9H,4,7-8H2,1-3H3. The summed E-state index contributed by atoms with van der Waals surface area (Å²) in [6.45, 7) is 4.48. The number of benzene rings is 1. The molecule has 106 valence electrons. The maximum Gasteiger partial charge on any atom is 0.247 e. The molecule has 0 unspecified atom stereocenters. The van der Waals surface area contributed by atoms with Gasteiger partial charge in [0.15, 0.2) is 0 Å². The van der Waals surface area contributed by atoms with Gasteiger partial charge in [-0.25, -0.2) is 8.42 Å². The Morgan fingerprint density at radius 1 is 1.37 bits per heavy atom. The summed E-state index contributed by atoms with van der Waals surface area (Å²) in [6, 6.07) is 5.04. The average molecular weight is 348 g/mol. The predicted octanol–water partition coefficient (Wildman–Crippen LogP) is 3.02. The summed E-state index contributed by atoms with van der Waals surface area (Å²) in [4.78, 5) is 0.222. The largest absolute Gasteiger partial charge is 0.495 e. The molecule has 1 aromatic carbocycles. The molecule has 1 saturated heterocycles. The van der Waals surface area contributed by atoms with Crippen molar-refractivity contribution in [3.63, 3.8) is 0 Å². The first-order chi connectivity index (χ1) is 8.79. The lowest BCUT2D eigenvalue weighted by Gasteiger charge is -2.31. The summed E-state index contributed by atoms with van der Waals surface area (Å²) in [5.41, 5.74) is -0.341. The molecule has 0 N–H and O–H groups in total. The molecule has 6 heteroatoms. The van der Waals surface area contributed by atoms with Crippen LogP contribution in [0.1, 0.15) is 26.7 Å². The molecule has 0 saturated carbocycles. The fourth-order valence-corrected chi connectivity index (χ4v) is 5.04. The second-order valence-electron chi connectivity index (χ2n) is 5.29. The van der Waals surface area contributed by atoms with Gasteiger partial charge in [-0.05, 0) is 44.9 Å². The molecular formula is C13H18BrNO3S. The zero-order valence-electron chi connectivity index (χ0n) is 11.3. The highest BCUT2D eigenvalue weighted by molar-refractivity contribution is 9.10. The lowest BCUT2D eigenvalue weighted by molar-refractivity contribution is 0.290. The molecule has 1 aliphatic rings. The lowest BCUT2D eigenvalue weighted by Crippen LogP contribution is -2.42. The molecule has 0 aromatic heterocycles. The summed E-state index contributed by atoms with van der Waals surface area (Å²) in [5, 5.41) is 0. The van der Waals surface area contributed by atoms with E-state index in [2.05, 4.69) is 15.9 Å². The Kier molecular flexibility index (Phi) is 3.95. The summed E-state index contributed by atoms with van der Waals surface area (Å²) >= 11 is 3.32. The van der Waals surface area contributed by atoms with E-state index in [4.69, 9.17) is 4.74 Å². The van der Waals surface area contributed by atoms with Crippen LogP contribution in [-0.4, -0.2) is 31.9 Å². The topological polar surface area (TPSA) is 46.6 Å². The van der Waals surface area contributed by atoms with Crippen LogP contribution in [0.25, 0.3) is 0 Å². The minimum atomic E-state index is -3.53. The van der Waals surface area contributed by atoms with Gasteiger partial charge in [0.1, 0.15) is 10.6 Å². The normalized spacial score (nSPS) is 19.6. The van der Waals surface area contributed by atoms with E-state index in [1.165, 1.54) is 7.11 Å². The van der Waals surface area contributed by atoms with Crippen LogP contribution in [0.15, 0.2) is 27.6 Å². The molecule has 1 aliphatic heterocycles. The number of rotatable bonds is 3. The molecular weight excluding hydrogens is 330 g/mol. The van der Waals surface area contributed by atoms with E-state index in [1.54, 1.807) is 22.5 Å². The Morgan fingerprint density at radius 2 is 2.05 bits per heavy atom. The Labute approximate surface area is 122 Å². The molecule has 4 nitrogen and oxygen atoms in total. The van der Waals surface area contributed by atoms with Gasteiger partial charge in [-0.1, -0.05) is 15.9 Å². The van der Waals surface area contributed by atoms with Gasteiger partial charge in [0, 0.05) is 16.6 Å². The third kappa shape index (κ3) is 2.66. The molecule has 19 heavy (non-hydrogen) atoms. The SMILES string of the molecule is COc1ccc(Br)cc1S(=O)(=O)N1CCCC1(C)C. The van der Waals surface area contributed by atoms with Crippen molar-refractivity contribution >= 4 is 26.0 Å². The van der Waals surface area contributed by atoms with Gasteiger partial charge in [-0.3, -0.25) is 0 Å². The van der Waals surface area contributed by atoms with Crippen LogP contribution < -0.4 is 4.74 Å². The second kappa shape index (κ2) is 5.07. The Balaban J connectivity index is 2.54. The van der Waals surface area contributed by atoms with E-state index in [1.807, 2.05) is 13.8 Å². The number of methoxy groups -OCH3 is 1. The van der Waals surface area contributed by atoms with E-state index in [0.29, 0.717) is 12.3 Å². The number of hydrogen-bond acceptors (Lipinski definition) is 3. The molecule has 1 aromatic rings. The highest BCUT2D eigenvalue weighted by Crippen LogP contribution is 2.37. The van der Waals surface area contributed by atoms with Crippen LogP contribution in [0.2, 0.25) is 0 Å². The fourth-order valence-electron chi connectivity index (χ4n) is 2.50. The first kappa shape index (κ1) is 14.8. The average Bonchev–Trinajstić information content (AvgIpc) is 2.69.